The average Bonchev–Trinajstić information content (AvgIpc) is 2.43. The summed E-state index contributed by atoms with van der Waals surface area (Å²) in [4.78, 5) is 11.2. The maximum atomic E-state index is 11.9. The molecule has 0 aromatic heterocycles. The van der Waals surface area contributed by atoms with Gasteiger partial charge >= 0.3 is 6.18 Å². The molecule has 0 heterocycles. The quantitative estimate of drug-likeness (QED) is 0.801. The zero-order valence-corrected chi connectivity index (χ0v) is 11.7. The highest BCUT2D eigenvalue weighted by Gasteiger charge is 2.27. The van der Waals surface area contributed by atoms with Crippen LogP contribution >= 0.6 is 0 Å². The molecule has 1 amide bonds. The van der Waals surface area contributed by atoms with Crippen molar-refractivity contribution < 1.29 is 27.4 Å². The molecule has 0 unspecified atom stereocenters. The van der Waals surface area contributed by atoms with Crippen molar-refractivity contribution in [1.82, 2.24) is 10.6 Å². The van der Waals surface area contributed by atoms with E-state index in [4.69, 9.17) is 9.47 Å². The van der Waals surface area contributed by atoms with Crippen LogP contribution in [0.25, 0.3) is 0 Å². The minimum Gasteiger partial charge on any atom is -0.493 e. The number of carbonyl (C=O) groups excluding carboxylic acids is 1. The predicted octanol–water partition coefficient (Wildman–Crippen LogP) is 1.47. The lowest BCUT2D eigenvalue weighted by Crippen LogP contribution is -2.36. The first-order valence-electron chi connectivity index (χ1n) is 6.13. The maximum Gasteiger partial charge on any atom is 0.405 e. The minimum absolute atomic E-state index is 0.291. The second kappa shape index (κ2) is 7.72. The molecule has 0 aliphatic rings. The molecule has 2 N–H and O–H groups in total. The van der Waals surface area contributed by atoms with Crippen LogP contribution in [0.5, 0.6) is 11.5 Å². The Kier molecular flexibility index (Phi) is 6.29. The molecule has 5 nitrogen and oxygen atoms in total. The normalized spacial score (nSPS) is 11.1. The SMILES string of the molecule is CNCc1ccc(OCC(=O)NCC(F)(F)F)c(OC)c1. The lowest BCUT2D eigenvalue weighted by atomic mass is 10.2. The zero-order chi connectivity index (χ0) is 15.9. The summed E-state index contributed by atoms with van der Waals surface area (Å²) in [6.07, 6.45) is -4.44. The van der Waals surface area contributed by atoms with E-state index in [1.165, 1.54) is 7.11 Å². The average molecular weight is 306 g/mol. The van der Waals surface area contributed by atoms with Crippen LogP contribution in [-0.4, -0.2) is 39.4 Å². The Hall–Kier alpha value is -1.96. The number of nitrogens with one attached hydrogen (secondary N) is 2. The van der Waals surface area contributed by atoms with Crippen LogP contribution in [0.15, 0.2) is 18.2 Å². The zero-order valence-electron chi connectivity index (χ0n) is 11.7. The van der Waals surface area contributed by atoms with Gasteiger partial charge in [0, 0.05) is 6.54 Å². The summed E-state index contributed by atoms with van der Waals surface area (Å²) in [6.45, 7) is -1.27. The van der Waals surface area contributed by atoms with Gasteiger partial charge in [0.1, 0.15) is 6.54 Å². The molecule has 21 heavy (non-hydrogen) atoms. The van der Waals surface area contributed by atoms with Crippen LogP contribution in [0.3, 0.4) is 0 Å². The molecule has 118 valence electrons. The molecule has 1 aromatic carbocycles. The maximum absolute atomic E-state index is 11.9. The number of carbonyl (C=O) groups is 1. The summed E-state index contributed by atoms with van der Waals surface area (Å²) in [5, 5.41) is 4.69. The standard InChI is InChI=1S/C13H17F3N2O3/c1-17-6-9-3-4-10(11(5-9)20-2)21-7-12(19)18-8-13(14,15)16/h3-5,17H,6-8H2,1-2H3,(H,18,19). The third-order valence-corrected chi connectivity index (χ3v) is 2.45. The first kappa shape index (κ1) is 17.1. The van der Waals surface area contributed by atoms with Gasteiger partial charge < -0.3 is 20.1 Å². The summed E-state index contributed by atoms with van der Waals surface area (Å²) in [5.41, 5.74) is 0.947. The van der Waals surface area contributed by atoms with Gasteiger partial charge in [-0.3, -0.25) is 4.79 Å². The molecule has 0 saturated carbocycles. The number of benzene rings is 1. The van der Waals surface area contributed by atoms with E-state index in [0.717, 1.165) is 5.56 Å². The van der Waals surface area contributed by atoms with Crippen molar-refractivity contribution in [3.8, 4) is 11.5 Å². The molecular weight excluding hydrogens is 289 g/mol. The molecule has 0 radical (unpaired) electrons. The van der Waals surface area contributed by atoms with Crippen molar-refractivity contribution in [2.75, 3.05) is 27.3 Å². The van der Waals surface area contributed by atoms with E-state index < -0.39 is 25.2 Å². The highest BCUT2D eigenvalue weighted by molar-refractivity contribution is 5.77. The van der Waals surface area contributed by atoms with E-state index in [1.807, 2.05) is 0 Å². The number of halogens is 3. The Morgan fingerprint density at radius 3 is 2.57 bits per heavy atom. The molecule has 0 bridgehead atoms. The molecule has 1 aromatic rings. The Morgan fingerprint density at radius 1 is 1.29 bits per heavy atom. The number of hydrogen-bond acceptors (Lipinski definition) is 4. The monoisotopic (exact) mass is 306 g/mol. The molecular formula is C13H17F3N2O3. The van der Waals surface area contributed by atoms with E-state index in [2.05, 4.69) is 5.32 Å². The molecule has 0 saturated heterocycles. The summed E-state index contributed by atoms with van der Waals surface area (Å²) < 4.78 is 46.1. The van der Waals surface area contributed by atoms with Crippen LogP contribution in [0.4, 0.5) is 13.2 Å². The van der Waals surface area contributed by atoms with Crippen LogP contribution in [0.2, 0.25) is 0 Å². The van der Waals surface area contributed by atoms with Crippen molar-refractivity contribution in [2.45, 2.75) is 12.7 Å². The topological polar surface area (TPSA) is 59.6 Å². The van der Waals surface area contributed by atoms with E-state index in [-0.39, 0.29) is 0 Å². The van der Waals surface area contributed by atoms with Gasteiger partial charge in [0.25, 0.3) is 5.91 Å². The molecule has 0 spiro atoms. The number of methoxy groups -OCH3 is 1. The highest BCUT2D eigenvalue weighted by Crippen LogP contribution is 2.28. The van der Waals surface area contributed by atoms with Crippen molar-refractivity contribution >= 4 is 5.91 Å². The fourth-order valence-corrected chi connectivity index (χ4v) is 1.54. The van der Waals surface area contributed by atoms with Gasteiger partial charge in [0.15, 0.2) is 18.1 Å². The number of alkyl halides is 3. The lowest BCUT2D eigenvalue weighted by Gasteiger charge is -2.13. The molecule has 1 rings (SSSR count). The smallest absolute Gasteiger partial charge is 0.405 e. The lowest BCUT2D eigenvalue weighted by molar-refractivity contribution is -0.139. The fourth-order valence-electron chi connectivity index (χ4n) is 1.54. The van der Waals surface area contributed by atoms with Crippen LogP contribution in [0.1, 0.15) is 5.56 Å². The van der Waals surface area contributed by atoms with E-state index in [9.17, 15) is 18.0 Å². The van der Waals surface area contributed by atoms with Crippen molar-refractivity contribution in [2.24, 2.45) is 0 Å². The second-order valence-corrected chi connectivity index (χ2v) is 4.20. The van der Waals surface area contributed by atoms with Crippen molar-refractivity contribution in [3.63, 3.8) is 0 Å². The van der Waals surface area contributed by atoms with Gasteiger partial charge in [-0.05, 0) is 24.7 Å². The van der Waals surface area contributed by atoms with Gasteiger partial charge in [-0.1, -0.05) is 6.07 Å². The van der Waals surface area contributed by atoms with Gasteiger partial charge in [-0.25, -0.2) is 0 Å². The van der Waals surface area contributed by atoms with Crippen LogP contribution in [-0.2, 0) is 11.3 Å². The first-order chi connectivity index (χ1) is 9.85. The van der Waals surface area contributed by atoms with E-state index >= 15 is 0 Å². The molecule has 0 fully saturated rings. The van der Waals surface area contributed by atoms with Crippen molar-refractivity contribution in [3.05, 3.63) is 23.8 Å². The van der Waals surface area contributed by atoms with E-state index in [1.54, 1.807) is 30.6 Å². The third-order valence-electron chi connectivity index (χ3n) is 2.45. The van der Waals surface area contributed by atoms with Gasteiger partial charge in [0.05, 0.1) is 7.11 Å². The van der Waals surface area contributed by atoms with Crippen molar-refractivity contribution in [1.29, 1.82) is 0 Å². The molecule has 0 atom stereocenters. The number of amides is 1. The Morgan fingerprint density at radius 2 is 2.00 bits per heavy atom. The Labute approximate surface area is 120 Å². The summed E-state index contributed by atoms with van der Waals surface area (Å²) >= 11 is 0. The number of rotatable bonds is 7. The number of ether oxygens (including phenoxy) is 2. The van der Waals surface area contributed by atoms with Crippen LogP contribution in [0, 0.1) is 0 Å². The Bertz CT molecular complexity index is 478. The van der Waals surface area contributed by atoms with Crippen LogP contribution < -0.4 is 20.1 Å². The van der Waals surface area contributed by atoms with E-state index in [0.29, 0.717) is 18.0 Å². The summed E-state index contributed by atoms with van der Waals surface area (Å²) in [6, 6.07) is 5.09. The summed E-state index contributed by atoms with van der Waals surface area (Å²) in [7, 11) is 3.23. The van der Waals surface area contributed by atoms with Gasteiger partial charge in [-0.2, -0.15) is 13.2 Å². The molecule has 0 aliphatic heterocycles. The van der Waals surface area contributed by atoms with Gasteiger partial charge in [0.2, 0.25) is 0 Å². The first-order valence-corrected chi connectivity index (χ1v) is 6.13. The molecule has 8 heteroatoms. The predicted molar refractivity (Wildman–Crippen MR) is 70.3 cm³/mol. The third kappa shape index (κ3) is 6.35. The second-order valence-electron chi connectivity index (χ2n) is 4.20. The fraction of sp³-hybridized carbons (Fsp3) is 0.462. The largest absolute Gasteiger partial charge is 0.493 e. The minimum atomic E-state index is -4.44. The Balaban J connectivity index is 2.56. The molecule has 0 aliphatic carbocycles. The highest BCUT2D eigenvalue weighted by atomic mass is 19.4. The van der Waals surface area contributed by atoms with Gasteiger partial charge in [-0.15, -0.1) is 0 Å². The number of hydrogen-bond donors (Lipinski definition) is 2. The summed E-state index contributed by atoms with van der Waals surface area (Å²) in [5.74, 6) is -0.153.